The minimum atomic E-state index is -0.767. The molecule has 1 aromatic rings. The van der Waals surface area contributed by atoms with E-state index in [1.807, 2.05) is 0 Å². The fraction of sp³-hybridized carbons (Fsp3) is 0.810. The van der Waals surface area contributed by atoms with Gasteiger partial charge in [-0.2, -0.15) is 0 Å². The number of rotatable bonds is 35. The van der Waals surface area contributed by atoms with Gasteiger partial charge in [-0.3, -0.25) is 9.59 Å². The Morgan fingerprint density at radius 2 is 0.938 bits per heavy atom. The van der Waals surface area contributed by atoms with E-state index in [0.29, 0.717) is 12.8 Å². The van der Waals surface area contributed by atoms with Crippen molar-refractivity contribution in [3.8, 4) is 0 Å². The second kappa shape index (κ2) is 34.3. The smallest absolute Gasteiger partial charge is 0.306 e. The van der Waals surface area contributed by atoms with Crippen LogP contribution >= 0.6 is 22.6 Å². The van der Waals surface area contributed by atoms with E-state index in [4.69, 9.17) is 9.47 Å². The Morgan fingerprint density at radius 3 is 1.35 bits per heavy atom. The topological polar surface area (TPSA) is 72.8 Å². The lowest BCUT2D eigenvalue weighted by Crippen LogP contribution is -2.28. The number of benzene rings is 1. The summed E-state index contributed by atoms with van der Waals surface area (Å²) in [5.41, 5.74) is 1.46. The maximum Gasteiger partial charge on any atom is 0.306 e. The van der Waals surface area contributed by atoms with Crippen LogP contribution in [-0.2, 0) is 25.5 Å². The fourth-order valence-corrected chi connectivity index (χ4v) is 6.64. The summed E-state index contributed by atoms with van der Waals surface area (Å²) < 4.78 is 11.9. The van der Waals surface area contributed by atoms with Gasteiger partial charge in [0.2, 0.25) is 0 Å². The Bertz CT molecular complexity index is 858. The second-order valence-corrected chi connectivity index (χ2v) is 15.3. The third kappa shape index (κ3) is 29.7. The molecule has 6 heteroatoms. The van der Waals surface area contributed by atoms with Gasteiger partial charge in [0.25, 0.3) is 0 Å². The monoisotopic (exact) mass is 780 g/mol. The number of aliphatic hydroxyl groups is 1. The van der Waals surface area contributed by atoms with Crippen molar-refractivity contribution in [3.05, 3.63) is 33.4 Å². The minimum absolute atomic E-state index is 0.0631. The van der Waals surface area contributed by atoms with Crippen LogP contribution in [0.4, 0.5) is 0 Å². The van der Waals surface area contributed by atoms with Crippen LogP contribution in [-0.4, -0.2) is 36.4 Å². The average Bonchev–Trinajstić information content (AvgIpc) is 3.09. The first-order valence-electron chi connectivity index (χ1n) is 20.3. The maximum absolute atomic E-state index is 12.2. The first kappa shape index (κ1) is 44.9. The molecule has 0 aliphatic heterocycles. The van der Waals surface area contributed by atoms with Crippen LogP contribution in [0.15, 0.2) is 24.3 Å². The van der Waals surface area contributed by atoms with Gasteiger partial charge in [0.15, 0.2) is 6.10 Å². The van der Waals surface area contributed by atoms with Crippen LogP contribution in [0.5, 0.6) is 0 Å². The van der Waals surface area contributed by atoms with Crippen LogP contribution in [0.2, 0.25) is 0 Å². The summed E-state index contributed by atoms with van der Waals surface area (Å²) in [6, 6.07) is 8.90. The molecular weight excluding hydrogens is 707 g/mol. The molecule has 0 bridgehead atoms. The number of esters is 2. The van der Waals surface area contributed by atoms with Crippen molar-refractivity contribution in [2.45, 2.75) is 206 Å². The van der Waals surface area contributed by atoms with Crippen LogP contribution in [0.1, 0.15) is 199 Å². The third-order valence-electron chi connectivity index (χ3n) is 9.43. The van der Waals surface area contributed by atoms with E-state index in [1.54, 1.807) is 0 Å². The van der Waals surface area contributed by atoms with Gasteiger partial charge in [-0.1, -0.05) is 173 Å². The number of aliphatic hydroxyl groups excluding tert-OH is 1. The summed E-state index contributed by atoms with van der Waals surface area (Å²) in [7, 11) is 0. The lowest BCUT2D eigenvalue weighted by Gasteiger charge is -2.15. The third-order valence-corrected chi connectivity index (χ3v) is 10.1. The highest BCUT2D eigenvalue weighted by Crippen LogP contribution is 2.16. The molecule has 0 heterocycles. The molecule has 48 heavy (non-hydrogen) atoms. The van der Waals surface area contributed by atoms with Gasteiger partial charge < -0.3 is 14.6 Å². The van der Waals surface area contributed by atoms with E-state index in [2.05, 4.69) is 53.8 Å². The van der Waals surface area contributed by atoms with Gasteiger partial charge in [0, 0.05) is 16.4 Å². The zero-order valence-electron chi connectivity index (χ0n) is 31.0. The summed E-state index contributed by atoms with van der Waals surface area (Å²) in [6.45, 7) is 1.88. The van der Waals surface area contributed by atoms with Gasteiger partial charge in [0.05, 0.1) is 6.61 Å². The zero-order chi connectivity index (χ0) is 34.8. The number of carbonyl (C=O) groups is 2. The van der Waals surface area contributed by atoms with Crippen molar-refractivity contribution >= 4 is 34.5 Å². The molecule has 0 saturated heterocycles. The minimum Gasteiger partial charge on any atom is -0.462 e. The van der Waals surface area contributed by atoms with E-state index >= 15 is 0 Å². The van der Waals surface area contributed by atoms with Crippen molar-refractivity contribution in [1.29, 1.82) is 0 Å². The summed E-state index contributed by atoms with van der Waals surface area (Å²) in [6.07, 6.45) is 35.3. The van der Waals surface area contributed by atoms with E-state index in [9.17, 15) is 14.7 Å². The van der Waals surface area contributed by atoms with Crippen molar-refractivity contribution in [2.75, 3.05) is 13.2 Å². The number of carbonyl (C=O) groups excluding carboxylic acids is 2. The predicted octanol–water partition coefficient (Wildman–Crippen LogP) is 12.6. The molecule has 0 aliphatic rings. The molecule has 1 atom stereocenters. The summed E-state index contributed by atoms with van der Waals surface area (Å²) in [4.78, 5) is 24.3. The van der Waals surface area contributed by atoms with Gasteiger partial charge >= 0.3 is 11.9 Å². The highest BCUT2D eigenvalue weighted by Gasteiger charge is 2.16. The zero-order valence-corrected chi connectivity index (χ0v) is 33.1. The normalized spacial score (nSPS) is 11.9. The first-order valence-corrected chi connectivity index (χ1v) is 21.3. The van der Waals surface area contributed by atoms with Crippen molar-refractivity contribution < 1.29 is 24.2 Å². The molecule has 1 rings (SSSR count). The largest absolute Gasteiger partial charge is 0.462 e. The molecule has 0 aromatic heterocycles. The summed E-state index contributed by atoms with van der Waals surface area (Å²) in [5, 5.41) is 9.57. The van der Waals surface area contributed by atoms with Crippen molar-refractivity contribution in [1.82, 2.24) is 0 Å². The van der Waals surface area contributed by atoms with Crippen LogP contribution in [0.3, 0.4) is 0 Å². The second-order valence-electron chi connectivity index (χ2n) is 14.0. The van der Waals surface area contributed by atoms with Crippen molar-refractivity contribution in [2.24, 2.45) is 0 Å². The lowest BCUT2D eigenvalue weighted by atomic mass is 10.0. The number of ether oxygens (including phenoxy) is 2. The van der Waals surface area contributed by atoms with Gasteiger partial charge in [-0.05, 0) is 66.0 Å². The Morgan fingerprint density at radius 1 is 0.562 bits per heavy atom. The van der Waals surface area contributed by atoms with Crippen LogP contribution in [0, 0.1) is 3.57 Å². The van der Waals surface area contributed by atoms with Crippen LogP contribution < -0.4 is 0 Å². The molecular formula is C42H73IO5. The quantitative estimate of drug-likeness (QED) is 0.0422. The molecule has 0 amide bonds. The molecule has 1 N–H and O–H groups in total. The lowest BCUT2D eigenvalue weighted by molar-refractivity contribution is -0.161. The van der Waals surface area contributed by atoms with Gasteiger partial charge in [-0.15, -0.1) is 0 Å². The maximum atomic E-state index is 12.2. The van der Waals surface area contributed by atoms with Crippen molar-refractivity contribution in [3.63, 3.8) is 0 Å². The molecule has 0 spiro atoms. The molecule has 5 nitrogen and oxygen atoms in total. The van der Waals surface area contributed by atoms with E-state index in [1.165, 1.54) is 150 Å². The van der Waals surface area contributed by atoms with E-state index in [-0.39, 0.29) is 25.2 Å². The molecule has 278 valence electrons. The Balaban J connectivity index is 1.84. The predicted molar refractivity (Wildman–Crippen MR) is 210 cm³/mol. The summed E-state index contributed by atoms with van der Waals surface area (Å²) in [5.74, 6) is -0.584. The highest BCUT2D eigenvalue weighted by molar-refractivity contribution is 14.1. The number of aryl methyl sites for hydroxylation is 1. The average molecular weight is 781 g/mol. The standard InChI is InChI=1S/C42H73IO5/c1-2-3-4-5-6-7-8-9-10-11-16-19-22-25-28-31-42(46)48-40(36-44)37-47-41(45)30-27-24-21-18-15-13-12-14-17-20-23-26-29-38-32-34-39(43)35-33-38/h32-35,40,44H,2-31,36-37H2,1H3/i43-4. The fourth-order valence-electron chi connectivity index (χ4n) is 6.28. The summed E-state index contributed by atoms with van der Waals surface area (Å²) >= 11 is 2.36. The molecule has 0 aliphatic carbocycles. The first-order chi connectivity index (χ1) is 23.5. The number of halogens is 1. The highest BCUT2D eigenvalue weighted by atomic mass is 123. The molecule has 1 unspecified atom stereocenters. The molecule has 0 saturated carbocycles. The SMILES string of the molecule is CCCCCCCCCCCCCCCCCC(=O)OC(CO)COC(=O)CCCCCCCCCCCCCCc1ccc([123I])cc1. The van der Waals surface area contributed by atoms with Crippen LogP contribution in [0.25, 0.3) is 0 Å². The Labute approximate surface area is 309 Å². The number of unbranched alkanes of at least 4 members (excludes halogenated alkanes) is 25. The van der Waals surface area contributed by atoms with E-state index < -0.39 is 6.10 Å². The van der Waals surface area contributed by atoms with Gasteiger partial charge in [0.1, 0.15) is 6.61 Å². The van der Waals surface area contributed by atoms with E-state index in [0.717, 1.165) is 38.5 Å². The number of hydrogen-bond donors (Lipinski definition) is 1. The van der Waals surface area contributed by atoms with Gasteiger partial charge in [-0.25, -0.2) is 0 Å². The Hall–Kier alpha value is -1.15. The Kier molecular flexibility index (Phi) is 32.1. The molecule has 0 radical (unpaired) electrons. The number of hydrogen-bond acceptors (Lipinski definition) is 5. The molecule has 1 aromatic carbocycles. The molecule has 0 fully saturated rings.